The summed E-state index contributed by atoms with van der Waals surface area (Å²) < 4.78 is 32.2. The summed E-state index contributed by atoms with van der Waals surface area (Å²) in [4.78, 5) is 0. The van der Waals surface area contributed by atoms with Gasteiger partial charge in [0.05, 0.1) is 6.61 Å². The molecule has 0 saturated carbocycles. The zero-order valence-corrected chi connectivity index (χ0v) is 11.0. The zero-order valence-electron chi connectivity index (χ0n) is 11.0. The van der Waals surface area contributed by atoms with Crippen molar-refractivity contribution in [1.82, 2.24) is 0 Å². The van der Waals surface area contributed by atoms with E-state index < -0.39 is 6.29 Å². The minimum atomic E-state index is -0.454. The summed E-state index contributed by atoms with van der Waals surface area (Å²) in [6, 6.07) is 0. The number of methoxy groups -OCH3 is 5. The normalized spacial score (nSPS) is 35.1. The predicted molar refractivity (Wildman–Crippen MR) is 59.9 cm³/mol. The van der Waals surface area contributed by atoms with Crippen LogP contribution in [0.4, 0.5) is 0 Å². The first-order valence-corrected chi connectivity index (χ1v) is 5.49. The van der Waals surface area contributed by atoms with Gasteiger partial charge in [-0.15, -0.1) is 0 Å². The Kier molecular flexibility index (Phi) is 6.32. The maximum atomic E-state index is 5.75. The third-order valence-corrected chi connectivity index (χ3v) is 2.98. The molecule has 0 aliphatic carbocycles. The second kappa shape index (κ2) is 7.25. The Hall–Kier alpha value is -0.240. The van der Waals surface area contributed by atoms with E-state index in [1.54, 1.807) is 35.5 Å². The van der Waals surface area contributed by atoms with Gasteiger partial charge >= 0.3 is 0 Å². The van der Waals surface area contributed by atoms with Crippen LogP contribution in [0.5, 0.6) is 0 Å². The van der Waals surface area contributed by atoms with Crippen LogP contribution < -0.4 is 0 Å². The molecule has 5 atom stereocenters. The van der Waals surface area contributed by atoms with Crippen molar-refractivity contribution in [3.63, 3.8) is 0 Å². The SMILES string of the molecule is COC[C@H](OC)[C@@H]1O[C@@H](OC)[C@@H](OC)[C@H]1OC. The van der Waals surface area contributed by atoms with Gasteiger partial charge in [-0.05, 0) is 0 Å². The van der Waals surface area contributed by atoms with Crippen molar-refractivity contribution < 1.29 is 28.4 Å². The fourth-order valence-electron chi connectivity index (χ4n) is 2.12. The van der Waals surface area contributed by atoms with Crippen LogP contribution >= 0.6 is 0 Å². The molecule has 1 rings (SSSR count). The topological polar surface area (TPSA) is 55.4 Å². The lowest BCUT2D eigenvalue weighted by molar-refractivity contribution is -0.175. The van der Waals surface area contributed by atoms with Crippen molar-refractivity contribution in [3.8, 4) is 0 Å². The lowest BCUT2D eigenvalue weighted by Crippen LogP contribution is -2.43. The van der Waals surface area contributed by atoms with Crippen molar-refractivity contribution in [1.29, 1.82) is 0 Å². The third-order valence-electron chi connectivity index (χ3n) is 2.98. The first-order chi connectivity index (χ1) is 8.23. The zero-order chi connectivity index (χ0) is 12.8. The highest BCUT2D eigenvalue weighted by Gasteiger charge is 2.49. The van der Waals surface area contributed by atoms with E-state index in [0.29, 0.717) is 6.61 Å². The predicted octanol–water partition coefficient (Wildman–Crippen LogP) is 0.0491. The summed E-state index contributed by atoms with van der Waals surface area (Å²) in [5, 5.41) is 0. The van der Waals surface area contributed by atoms with Crippen LogP contribution in [0.3, 0.4) is 0 Å². The average molecular weight is 250 g/mol. The van der Waals surface area contributed by atoms with E-state index in [1.807, 2.05) is 0 Å². The molecule has 0 bridgehead atoms. The largest absolute Gasteiger partial charge is 0.382 e. The van der Waals surface area contributed by atoms with Crippen LogP contribution in [0.25, 0.3) is 0 Å². The first kappa shape index (κ1) is 14.8. The van der Waals surface area contributed by atoms with E-state index in [1.165, 1.54) is 0 Å². The smallest absolute Gasteiger partial charge is 0.186 e. The molecule has 0 N–H and O–H groups in total. The molecular formula is C11H22O6. The molecular weight excluding hydrogens is 228 g/mol. The van der Waals surface area contributed by atoms with Gasteiger partial charge in [-0.3, -0.25) is 0 Å². The monoisotopic (exact) mass is 250 g/mol. The van der Waals surface area contributed by atoms with Gasteiger partial charge in [0.25, 0.3) is 0 Å². The van der Waals surface area contributed by atoms with Crippen molar-refractivity contribution in [2.45, 2.75) is 30.7 Å². The Morgan fingerprint density at radius 1 is 0.941 bits per heavy atom. The molecule has 0 spiro atoms. The van der Waals surface area contributed by atoms with Gasteiger partial charge < -0.3 is 28.4 Å². The summed E-state index contributed by atoms with van der Waals surface area (Å²) in [6.45, 7) is 0.424. The summed E-state index contributed by atoms with van der Waals surface area (Å²) >= 11 is 0. The minimum absolute atomic E-state index is 0.220. The maximum absolute atomic E-state index is 5.75. The second-order valence-electron chi connectivity index (χ2n) is 3.83. The van der Waals surface area contributed by atoms with E-state index in [4.69, 9.17) is 28.4 Å². The fourth-order valence-corrected chi connectivity index (χ4v) is 2.12. The van der Waals surface area contributed by atoms with Crippen LogP contribution in [0.15, 0.2) is 0 Å². The van der Waals surface area contributed by atoms with Gasteiger partial charge in [0, 0.05) is 35.5 Å². The molecule has 0 aromatic heterocycles. The molecule has 0 radical (unpaired) electrons. The first-order valence-electron chi connectivity index (χ1n) is 5.49. The van der Waals surface area contributed by atoms with E-state index in [0.717, 1.165) is 0 Å². The highest BCUT2D eigenvalue weighted by atomic mass is 16.7. The molecule has 1 aliphatic heterocycles. The van der Waals surface area contributed by atoms with Gasteiger partial charge in [-0.1, -0.05) is 0 Å². The van der Waals surface area contributed by atoms with Gasteiger partial charge in [-0.25, -0.2) is 0 Å². The highest BCUT2D eigenvalue weighted by molar-refractivity contribution is 4.93. The Labute approximate surface area is 102 Å². The standard InChI is InChI=1S/C11H22O6/c1-12-6-7(13-2)8-9(14-3)10(15-4)11(16-5)17-8/h7-11H,6H2,1-5H3/t7-,8-,9-,10-,11+/m0/s1. The van der Waals surface area contributed by atoms with Crippen molar-refractivity contribution in [3.05, 3.63) is 0 Å². The van der Waals surface area contributed by atoms with Crippen molar-refractivity contribution in [2.24, 2.45) is 0 Å². The Bertz CT molecular complexity index is 212. The molecule has 1 fully saturated rings. The number of hydrogen-bond donors (Lipinski definition) is 0. The van der Waals surface area contributed by atoms with E-state index in [9.17, 15) is 0 Å². The summed E-state index contributed by atoms with van der Waals surface area (Å²) in [7, 11) is 8.02. The van der Waals surface area contributed by atoms with Crippen molar-refractivity contribution in [2.75, 3.05) is 42.2 Å². The molecule has 1 saturated heterocycles. The molecule has 0 aromatic carbocycles. The summed E-state index contributed by atoms with van der Waals surface area (Å²) in [6.07, 6.45) is -1.47. The molecule has 0 aromatic rings. The van der Waals surface area contributed by atoms with Crippen LogP contribution in [0.1, 0.15) is 0 Å². The lowest BCUT2D eigenvalue weighted by Gasteiger charge is -2.26. The van der Waals surface area contributed by atoms with E-state index >= 15 is 0 Å². The van der Waals surface area contributed by atoms with Gasteiger partial charge in [0.1, 0.15) is 24.4 Å². The van der Waals surface area contributed by atoms with Gasteiger partial charge in [0.15, 0.2) is 6.29 Å². The van der Waals surface area contributed by atoms with Crippen LogP contribution in [0, 0.1) is 0 Å². The third kappa shape index (κ3) is 3.15. The van der Waals surface area contributed by atoms with Gasteiger partial charge in [0.2, 0.25) is 0 Å². The van der Waals surface area contributed by atoms with E-state index in [-0.39, 0.29) is 24.4 Å². The van der Waals surface area contributed by atoms with Crippen LogP contribution in [-0.4, -0.2) is 72.9 Å². The molecule has 6 heteroatoms. The number of rotatable bonds is 7. The molecule has 6 nitrogen and oxygen atoms in total. The second-order valence-corrected chi connectivity index (χ2v) is 3.83. The van der Waals surface area contributed by atoms with Gasteiger partial charge in [-0.2, -0.15) is 0 Å². The fraction of sp³-hybridized carbons (Fsp3) is 1.00. The van der Waals surface area contributed by atoms with E-state index in [2.05, 4.69) is 0 Å². The Balaban J connectivity index is 2.76. The van der Waals surface area contributed by atoms with Crippen LogP contribution in [0.2, 0.25) is 0 Å². The quantitative estimate of drug-likeness (QED) is 0.636. The molecule has 17 heavy (non-hydrogen) atoms. The molecule has 0 amide bonds. The highest BCUT2D eigenvalue weighted by Crippen LogP contribution is 2.29. The van der Waals surface area contributed by atoms with Crippen molar-refractivity contribution >= 4 is 0 Å². The van der Waals surface area contributed by atoms with Crippen LogP contribution in [-0.2, 0) is 28.4 Å². The maximum Gasteiger partial charge on any atom is 0.186 e. The molecule has 1 aliphatic rings. The summed E-state index contributed by atoms with van der Waals surface area (Å²) in [5.74, 6) is 0. The number of ether oxygens (including phenoxy) is 6. The summed E-state index contributed by atoms with van der Waals surface area (Å²) in [5.41, 5.74) is 0. The average Bonchev–Trinajstić information content (AvgIpc) is 2.73. The molecule has 102 valence electrons. The molecule has 0 unspecified atom stereocenters. The Morgan fingerprint density at radius 3 is 2.00 bits per heavy atom. The Morgan fingerprint density at radius 2 is 1.59 bits per heavy atom. The lowest BCUT2D eigenvalue weighted by atomic mass is 10.1. The molecule has 1 heterocycles. The minimum Gasteiger partial charge on any atom is -0.382 e. The number of hydrogen-bond acceptors (Lipinski definition) is 6.